The zero-order valence-electron chi connectivity index (χ0n) is 15.5. The molecule has 132 valence electrons. The average Bonchev–Trinajstić information content (AvgIpc) is 2.64. The fourth-order valence-corrected chi connectivity index (χ4v) is 4.47. The molecular weight excluding hydrogens is 314 g/mol. The monoisotopic (exact) mass is 339 g/mol. The minimum atomic E-state index is -0.0421. The SMILES string of the molecule is COc1ccc2c(c1)C(C)(C)[C@@H]1COc3cccc(OC)c3[C@H]1N2C. The number of fused-ring (bicyclic) bond motifs is 4. The number of benzene rings is 2. The van der Waals surface area contributed by atoms with Crippen molar-refractivity contribution >= 4 is 5.69 Å². The van der Waals surface area contributed by atoms with E-state index in [2.05, 4.69) is 37.9 Å². The number of anilines is 1. The van der Waals surface area contributed by atoms with Gasteiger partial charge < -0.3 is 19.1 Å². The summed E-state index contributed by atoms with van der Waals surface area (Å²) in [4.78, 5) is 2.37. The van der Waals surface area contributed by atoms with Gasteiger partial charge in [0.2, 0.25) is 0 Å². The van der Waals surface area contributed by atoms with Crippen molar-refractivity contribution in [2.45, 2.75) is 25.3 Å². The van der Waals surface area contributed by atoms with E-state index < -0.39 is 0 Å². The van der Waals surface area contributed by atoms with Crippen LogP contribution in [0.1, 0.15) is 31.0 Å². The number of hydrogen-bond acceptors (Lipinski definition) is 4. The molecule has 0 radical (unpaired) electrons. The third kappa shape index (κ3) is 2.20. The van der Waals surface area contributed by atoms with Gasteiger partial charge in [-0.05, 0) is 35.9 Å². The third-order valence-electron chi connectivity index (χ3n) is 5.96. The lowest BCUT2D eigenvalue weighted by atomic mass is 9.64. The molecule has 0 unspecified atom stereocenters. The molecule has 2 aliphatic rings. The molecule has 2 heterocycles. The highest BCUT2D eigenvalue weighted by atomic mass is 16.5. The molecule has 2 atom stereocenters. The van der Waals surface area contributed by atoms with Gasteiger partial charge in [0.1, 0.15) is 17.2 Å². The number of methoxy groups -OCH3 is 2. The largest absolute Gasteiger partial charge is 0.497 e. The number of hydrogen-bond donors (Lipinski definition) is 0. The maximum Gasteiger partial charge on any atom is 0.128 e. The Morgan fingerprint density at radius 3 is 2.64 bits per heavy atom. The molecule has 2 aromatic rings. The van der Waals surface area contributed by atoms with Gasteiger partial charge in [-0.15, -0.1) is 0 Å². The standard InChI is InChI=1S/C21H25NO3/c1-21(2)14-11-13(23-4)9-10-16(14)22(3)20-15(21)12-25-18-8-6-7-17(24-5)19(18)20/h6-11,15,20H,12H2,1-5H3/t15-,20+/m1/s1. The quantitative estimate of drug-likeness (QED) is 0.821. The van der Waals surface area contributed by atoms with E-state index >= 15 is 0 Å². The highest BCUT2D eigenvalue weighted by Gasteiger charge is 2.49. The van der Waals surface area contributed by atoms with Gasteiger partial charge in [-0.2, -0.15) is 0 Å². The van der Waals surface area contributed by atoms with Crippen molar-refractivity contribution < 1.29 is 14.2 Å². The van der Waals surface area contributed by atoms with Crippen molar-refractivity contribution in [1.82, 2.24) is 0 Å². The number of ether oxygens (including phenoxy) is 3. The Bertz CT molecular complexity index is 801. The van der Waals surface area contributed by atoms with Crippen LogP contribution in [-0.4, -0.2) is 27.9 Å². The highest BCUT2D eigenvalue weighted by molar-refractivity contribution is 5.65. The van der Waals surface area contributed by atoms with E-state index in [4.69, 9.17) is 14.2 Å². The van der Waals surface area contributed by atoms with E-state index in [1.807, 2.05) is 24.3 Å². The van der Waals surface area contributed by atoms with Crippen LogP contribution in [0, 0.1) is 5.92 Å². The van der Waals surface area contributed by atoms with Gasteiger partial charge in [-0.25, -0.2) is 0 Å². The summed E-state index contributed by atoms with van der Waals surface area (Å²) in [5.74, 6) is 3.04. The second kappa shape index (κ2) is 5.58. The van der Waals surface area contributed by atoms with Gasteiger partial charge in [0, 0.05) is 24.1 Å². The summed E-state index contributed by atoms with van der Waals surface area (Å²) in [7, 11) is 5.61. The topological polar surface area (TPSA) is 30.9 Å². The van der Waals surface area contributed by atoms with Crippen LogP contribution >= 0.6 is 0 Å². The fourth-order valence-electron chi connectivity index (χ4n) is 4.47. The van der Waals surface area contributed by atoms with Crippen LogP contribution in [0.5, 0.6) is 17.2 Å². The van der Waals surface area contributed by atoms with Gasteiger partial charge in [0.25, 0.3) is 0 Å². The first-order chi connectivity index (χ1) is 12.0. The summed E-state index contributed by atoms with van der Waals surface area (Å²) in [6.45, 7) is 5.30. The zero-order chi connectivity index (χ0) is 17.8. The fraction of sp³-hybridized carbons (Fsp3) is 0.429. The van der Waals surface area contributed by atoms with Crippen LogP contribution in [0.3, 0.4) is 0 Å². The molecule has 4 heteroatoms. The van der Waals surface area contributed by atoms with E-state index in [0.717, 1.165) is 22.8 Å². The summed E-state index contributed by atoms with van der Waals surface area (Å²) in [5, 5.41) is 0. The molecule has 0 fully saturated rings. The van der Waals surface area contributed by atoms with Crippen LogP contribution in [0.4, 0.5) is 5.69 Å². The lowest BCUT2D eigenvalue weighted by Crippen LogP contribution is -2.50. The molecule has 2 aliphatic heterocycles. The van der Waals surface area contributed by atoms with Crippen molar-refractivity contribution in [3.63, 3.8) is 0 Å². The molecule has 0 aliphatic carbocycles. The van der Waals surface area contributed by atoms with Gasteiger partial charge in [-0.1, -0.05) is 19.9 Å². The van der Waals surface area contributed by atoms with Crippen molar-refractivity contribution in [1.29, 1.82) is 0 Å². The molecule has 0 saturated heterocycles. The van der Waals surface area contributed by atoms with Crippen molar-refractivity contribution in [3.8, 4) is 17.2 Å². The Morgan fingerprint density at radius 2 is 1.92 bits per heavy atom. The average molecular weight is 339 g/mol. The second-order valence-corrected chi connectivity index (χ2v) is 7.45. The first-order valence-electron chi connectivity index (χ1n) is 8.70. The second-order valence-electron chi connectivity index (χ2n) is 7.45. The molecule has 2 aromatic carbocycles. The van der Waals surface area contributed by atoms with Crippen molar-refractivity contribution in [2.24, 2.45) is 5.92 Å². The van der Waals surface area contributed by atoms with Crippen LogP contribution < -0.4 is 19.1 Å². The van der Waals surface area contributed by atoms with E-state index in [0.29, 0.717) is 12.5 Å². The van der Waals surface area contributed by atoms with Crippen LogP contribution in [0.2, 0.25) is 0 Å². The van der Waals surface area contributed by atoms with Crippen LogP contribution in [0.15, 0.2) is 36.4 Å². The first-order valence-corrected chi connectivity index (χ1v) is 8.70. The zero-order valence-corrected chi connectivity index (χ0v) is 15.5. The van der Waals surface area contributed by atoms with Gasteiger partial charge in [-0.3, -0.25) is 0 Å². The van der Waals surface area contributed by atoms with E-state index in [1.165, 1.54) is 11.3 Å². The molecule has 0 bridgehead atoms. The van der Waals surface area contributed by atoms with Gasteiger partial charge >= 0.3 is 0 Å². The van der Waals surface area contributed by atoms with Crippen LogP contribution in [0.25, 0.3) is 0 Å². The Labute approximate surface area is 149 Å². The molecule has 0 aromatic heterocycles. The minimum Gasteiger partial charge on any atom is -0.497 e. The van der Waals surface area contributed by atoms with E-state index in [1.54, 1.807) is 14.2 Å². The summed E-state index contributed by atoms with van der Waals surface area (Å²) >= 11 is 0. The molecule has 4 nitrogen and oxygen atoms in total. The Kier molecular flexibility index (Phi) is 3.60. The molecule has 0 spiro atoms. The molecule has 0 N–H and O–H groups in total. The van der Waals surface area contributed by atoms with Crippen LogP contribution in [-0.2, 0) is 5.41 Å². The molecular formula is C21H25NO3. The molecule has 25 heavy (non-hydrogen) atoms. The minimum absolute atomic E-state index is 0.0421. The summed E-state index contributed by atoms with van der Waals surface area (Å²) < 4.78 is 17.3. The molecule has 0 saturated carbocycles. The Morgan fingerprint density at radius 1 is 1.12 bits per heavy atom. The molecule has 0 amide bonds. The predicted molar refractivity (Wildman–Crippen MR) is 99.1 cm³/mol. The molecule has 4 rings (SSSR count). The normalized spacial score (nSPS) is 23.0. The third-order valence-corrected chi connectivity index (χ3v) is 5.96. The summed E-state index contributed by atoms with van der Waals surface area (Å²) in [5.41, 5.74) is 3.65. The van der Waals surface area contributed by atoms with Crippen molar-refractivity contribution in [2.75, 3.05) is 32.8 Å². The summed E-state index contributed by atoms with van der Waals surface area (Å²) in [6, 6.07) is 12.6. The maximum absolute atomic E-state index is 6.15. The predicted octanol–water partition coefficient (Wildman–Crippen LogP) is 4.18. The smallest absolute Gasteiger partial charge is 0.128 e. The lowest BCUT2D eigenvalue weighted by Gasteiger charge is -2.52. The van der Waals surface area contributed by atoms with Gasteiger partial charge in [0.15, 0.2) is 0 Å². The lowest BCUT2D eigenvalue weighted by molar-refractivity contribution is 0.121. The van der Waals surface area contributed by atoms with Gasteiger partial charge in [0.05, 0.1) is 32.4 Å². The maximum atomic E-state index is 6.15. The van der Waals surface area contributed by atoms with E-state index in [-0.39, 0.29) is 11.5 Å². The summed E-state index contributed by atoms with van der Waals surface area (Å²) in [6.07, 6.45) is 0. The van der Waals surface area contributed by atoms with Crippen molar-refractivity contribution in [3.05, 3.63) is 47.5 Å². The Hall–Kier alpha value is -2.36. The highest BCUT2D eigenvalue weighted by Crippen LogP contribution is 2.56. The number of nitrogens with zero attached hydrogens (tertiary/aromatic N) is 1. The van der Waals surface area contributed by atoms with E-state index in [9.17, 15) is 0 Å². The Balaban J connectivity index is 1.93. The first kappa shape index (κ1) is 16.1. The number of rotatable bonds is 2.